The molecule has 1 saturated carbocycles. The molecular weight excluding hydrogens is 200 g/mol. The van der Waals surface area contributed by atoms with Crippen LogP contribution in [0.4, 0.5) is 0 Å². The van der Waals surface area contributed by atoms with Crippen molar-refractivity contribution >= 4 is 0 Å². The average Bonchev–Trinajstić information content (AvgIpc) is 3.10. The van der Waals surface area contributed by atoms with E-state index in [2.05, 4.69) is 19.1 Å². The van der Waals surface area contributed by atoms with Gasteiger partial charge in [0, 0.05) is 18.2 Å². The Morgan fingerprint density at radius 3 is 2.81 bits per heavy atom. The first-order chi connectivity index (χ1) is 7.70. The van der Waals surface area contributed by atoms with Gasteiger partial charge in [-0.25, -0.2) is 0 Å². The number of benzene rings is 1. The van der Waals surface area contributed by atoms with Crippen LogP contribution in [0, 0.1) is 12.8 Å². The topological polar surface area (TPSA) is 61.3 Å². The summed E-state index contributed by atoms with van der Waals surface area (Å²) in [6.45, 7) is 3.31. The molecule has 3 nitrogen and oxygen atoms in total. The fourth-order valence-corrected chi connectivity index (χ4v) is 1.71. The van der Waals surface area contributed by atoms with E-state index < -0.39 is 0 Å². The molecule has 0 radical (unpaired) electrons. The second-order valence-corrected chi connectivity index (χ2v) is 4.64. The molecule has 1 aromatic rings. The lowest BCUT2D eigenvalue weighted by Gasteiger charge is -2.16. The Hall–Kier alpha value is -1.06. The molecule has 1 aromatic carbocycles. The first kappa shape index (κ1) is 11.4. The predicted octanol–water partition coefficient (Wildman–Crippen LogP) is 1.74. The van der Waals surface area contributed by atoms with Crippen LogP contribution in [0.3, 0.4) is 0 Å². The molecule has 1 unspecified atom stereocenters. The molecule has 3 heteroatoms. The Morgan fingerprint density at radius 1 is 1.44 bits per heavy atom. The SMILES string of the molecule is Cc1ccc(OCC2CC2)c(C(N)CN)c1. The highest BCUT2D eigenvalue weighted by molar-refractivity contribution is 5.39. The molecule has 0 saturated heterocycles. The highest BCUT2D eigenvalue weighted by Gasteiger charge is 2.22. The quantitative estimate of drug-likeness (QED) is 0.794. The lowest BCUT2D eigenvalue weighted by molar-refractivity contribution is 0.295. The van der Waals surface area contributed by atoms with E-state index in [9.17, 15) is 0 Å². The maximum absolute atomic E-state index is 5.98. The van der Waals surface area contributed by atoms with Gasteiger partial charge in [0.25, 0.3) is 0 Å². The standard InChI is InChI=1S/C13H20N2O/c1-9-2-5-13(16-8-10-3-4-10)11(6-9)12(15)7-14/h2,5-6,10,12H,3-4,7-8,14-15H2,1H3. The molecule has 2 rings (SSSR count). The summed E-state index contributed by atoms with van der Waals surface area (Å²) in [5.41, 5.74) is 13.8. The predicted molar refractivity (Wildman–Crippen MR) is 65.4 cm³/mol. The van der Waals surface area contributed by atoms with Crippen LogP contribution in [0.5, 0.6) is 5.75 Å². The van der Waals surface area contributed by atoms with Gasteiger partial charge >= 0.3 is 0 Å². The largest absolute Gasteiger partial charge is 0.493 e. The zero-order valence-electron chi connectivity index (χ0n) is 9.78. The van der Waals surface area contributed by atoms with E-state index >= 15 is 0 Å². The van der Waals surface area contributed by atoms with Gasteiger partial charge in [0.2, 0.25) is 0 Å². The molecule has 88 valence electrons. The summed E-state index contributed by atoms with van der Waals surface area (Å²) < 4.78 is 5.80. The molecule has 1 fully saturated rings. The monoisotopic (exact) mass is 220 g/mol. The van der Waals surface area contributed by atoms with Crippen LogP contribution < -0.4 is 16.2 Å². The number of hydrogen-bond acceptors (Lipinski definition) is 3. The molecule has 0 heterocycles. The van der Waals surface area contributed by atoms with Gasteiger partial charge in [-0.2, -0.15) is 0 Å². The Bertz CT molecular complexity index is 361. The zero-order valence-corrected chi connectivity index (χ0v) is 9.78. The third kappa shape index (κ3) is 2.74. The number of nitrogens with two attached hydrogens (primary N) is 2. The minimum absolute atomic E-state index is 0.130. The molecule has 4 N–H and O–H groups in total. The van der Waals surface area contributed by atoms with Crippen LogP contribution in [-0.2, 0) is 0 Å². The molecule has 1 aliphatic rings. The molecule has 0 spiro atoms. The maximum Gasteiger partial charge on any atom is 0.124 e. The van der Waals surface area contributed by atoms with Gasteiger partial charge in [0.1, 0.15) is 5.75 Å². The third-order valence-electron chi connectivity index (χ3n) is 2.99. The minimum Gasteiger partial charge on any atom is -0.493 e. The van der Waals surface area contributed by atoms with E-state index in [1.807, 2.05) is 6.07 Å². The fourth-order valence-electron chi connectivity index (χ4n) is 1.71. The molecular formula is C13H20N2O. The van der Waals surface area contributed by atoms with Crippen LogP contribution >= 0.6 is 0 Å². The second-order valence-electron chi connectivity index (χ2n) is 4.64. The molecule has 16 heavy (non-hydrogen) atoms. The van der Waals surface area contributed by atoms with Crippen molar-refractivity contribution < 1.29 is 4.74 Å². The highest BCUT2D eigenvalue weighted by atomic mass is 16.5. The van der Waals surface area contributed by atoms with Crippen LogP contribution in [0.15, 0.2) is 18.2 Å². The summed E-state index contributed by atoms with van der Waals surface area (Å²) >= 11 is 0. The van der Waals surface area contributed by atoms with E-state index in [1.165, 1.54) is 18.4 Å². The Labute approximate surface area is 96.8 Å². The molecule has 0 amide bonds. The zero-order chi connectivity index (χ0) is 11.5. The van der Waals surface area contributed by atoms with Crippen LogP contribution in [0.2, 0.25) is 0 Å². The van der Waals surface area contributed by atoms with Crippen molar-refractivity contribution in [3.05, 3.63) is 29.3 Å². The summed E-state index contributed by atoms with van der Waals surface area (Å²) in [4.78, 5) is 0. The van der Waals surface area contributed by atoms with E-state index in [-0.39, 0.29) is 6.04 Å². The number of rotatable bonds is 5. The fraction of sp³-hybridized carbons (Fsp3) is 0.538. The summed E-state index contributed by atoms with van der Waals surface area (Å²) in [5.74, 6) is 1.65. The van der Waals surface area contributed by atoms with Crippen molar-refractivity contribution in [3.8, 4) is 5.75 Å². The van der Waals surface area contributed by atoms with Gasteiger partial charge in [-0.15, -0.1) is 0 Å². The molecule has 0 bridgehead atoms. The van der Waals surface area contributed by atoms with Crippen molar-refractivity contribution in [1.29, 1.82) is 0 Å². The van der Waals surface area contributed by atoms with Crippen molar-refractivity contribution in [2.45, 2.75) is 25.8 Å². The maximum atomic E-state index is 5.98. The van der Waals surface area contributed by atoms with Crippen LogP contribution in [-0.4, -0.2) is 13.2 Å². The summed E-state index contributed by atoms with van der Waals surface area (Å²) in [6, 6.07) is 5.99. The van der Waals surface area contributed by atoms with E-state index in [4.69, 9.17) is 16.2 Å². The number of hydrogen-bond donors (Lipinski definition) is 2. The minimum atomic E-state index is -0.130. The van der Waals surface area contributed by atoms with Gasteiger partial charge in [0.05, 0.1) is 6.61 Å². The van der Waals surface area contributed by atoms with Crippen LogP contribution in [0.1, 0.15) is 30.0 Å². The van der Waals surface area contributed by atoms with Crippen LogP contribution in [0.25, 0.3) is 0 Å². The third-order valence-corrected chi connectivity index (χ3v) is 2.99. The molecule has 1 aliphatic carbocycles. The number of ether oxygens (including phenoxy) is 1. The smallest absolute Gasteiger partial charge is 0.124 e. The van der Waals surface area contributed by atoms with Gasteiger partial charge < -0.3 is 16.2 Å². The van der Waals surface area contributed by atoms with Crippen molar-refractivity contribution in [2.75, 3.05) is 13.2 Å². The summed E-state index contributed by atoms with van der Waals surface area (Å²) in [5, 5.41) is 0. The van der Waals surface area contributed by atoms with Gasteiger partial charge in [-0.3, -0.25) is 0 Å². The van der Waals surface area contributed by atoms with Gasteiger partial charge in [-0.05, 0) is 31.7 Å². The van der Waals surface area contributed by atoms with Gasteiger partial charge in [0.15, 0.2) is 0 Å². The van der Waals surface area contributed by atoms with Crippen molar-refractivity contribution in [1.82, 2.24) is 0 Å². The normalized spacial score (nSPS) is 17.2. The van der Waals surface area contributed by atoms with Gasteiger partial charge in [-0.1, -0.05) is 17.7 Å². The summed E-state index contributed by atoms with van der Waals surface area (Å²) in [6.07, 6.45) is 2.59. The lowest BCUT2D eigenvalue weighted by atomic mass is 10.0. The number of aryl methyl sites for hydroxylation is 1. The molecule has 0 aromatic heterocycles. The average molecular weight is 220 g/mol. The first-order valence-electron chi connectivity index (χ1n) is 5.89. The summed E-state index contributed by atoms with van der Waals surface area (Å²) in [7, 11) is 0. The Kier molecular flexibility index (Phi) is 3.46. The second kappa shape index (κ2) is 4.85. The van der Waals surface area contributed by atoms with Crippen molar-refractivity contribution in [2.24, 2.45) is 17.4 Å². The Morgan fingerprint density at radius 2 is 2.19 bits per heavy atom. The first-order valence-corrected chi connectivity index (χ1v) is 5.89. The highest BCUT2D eigenvalue weighted by Crippen LogP contribution is 2.31. The molecule has 1 atom stereocenters. The lowest BCUT2D eigenvalue weighted by Crippen LogP contribution is -2.21. The van der Waals surface area contributed by atoms with E-state index in [0.717, 1.165) is 23.8 Å². The van der Waals surface area contributed by atoms with E-state index in [1.54, 1.807) is 0 Å². The van der Waals surface area contributed by atoms with E-state index in [0.29, 0.717) is 6.54 Å². The molecule has 0 aliphatic heterocycles. The van der Waals surface area contributed by atoms with Crippen molar-refractivity contribution in [3.63, 3.8) is 0 Å². The Balaban J connectivity index is 2.13.